The minimum absolute atomic E-state index is 0.539. The van der Waals surface area contributed by atoms with Gasteiger partial charge in [0.15, 0.2) is 34.9 Å². The molecule has 28 aromatic rings. The van der Waals surface area contributed by atoms with Gasteiger partial charge in [-0.1, -0.05) is 346 Å². The largest absolute Gasteiger partial charge is 0.309 e. The van der Waals surface area contributed by atoms with Gasteiger partial charge in [0.05, 0.1) is 88.9 Å². The van der Waals surface area contributed by atoms with Gasteiger partial charge < -0.3 is 27.4 Å². The van der Waals surface area contributed by atoms with Gasteiger partial charge >= 0.3 is 0 Å². The zero-order valence-electron chi connectivity index (χ0n) is 74.4. The van der Waals surface area contributed by atoms with Gasteiger partial charge in [-0.05, 0) is 161 Å². The van der Waals surface area contributed by atoms with E-state index in [1.165, 1.54) is 10.8 Å². The van der Waals surface area contributed by atoms with Crippen molar-refractivity contribution in [1.29, 1.82) is 0 Å². The van der Waals surface area contributed by atoms with Gasteiger partial charge in [0.25, 0.3) is 0 Å². The molecule has 8 aromatic heterocycles. The Bertz CT molecular complexity index is 9670. The molecule has 0 saturated heterocycles. The van der Waals surface area contributed by atoms with Crippen LogP contribution >= 0.6 is 0 Å². The van der Waals surface area contributed by atoms with Crippen molar-refractivity contribution in [2.24, 2.45) is 0 Å². The van der Waals surface area contributed by atoms with Crippen molar-refractivity contribution >= 4 is 131 Å². The van der Waals surface area contributed by atoms with Gasteiger partial charge in [0, 0.05) is 109 Å². The predicted molar refractivity (Wildman–Crippen MR) is 568 cm³/mol. The van der Waals surface area contributed by atoms with Gasteiger partial charge in [0.2, 0.25) is 0 Å². The van der Waals surface area contributed by atoms with E-state index in [4.69, 9.17) is 29.9 Å². The summed E-state index contributed by atoms with van der Waals surface area (Å²) in [4.78, 5) is 32.9. The Morgan fingerprint density at radius 1 is 0.130 bits per heavy atom. The normalized spacial score (nSPS) is 11.9. The summed E-state index contributed by atoms with van der Waals surface area (Å²) >= 11 is 0. The highest BCUT2D eigenvalue weighted by Gasteiger charge is 2.31. The maximum absolute atomic E-state index is 5.70. The summed E-state index contributed by atoms with van der Waals surface area (Å²) in [5.41, 5.74) is 30.9. The molecule has 0 atom stereocenters. The molecule has 0 fully saturated rings. The van der Waals surface area contributed by atoms with Crippen molar-refractivity contribution in [2.45, 2.75) is 0 Å². The average Bonchev–Trinajstić information content (AvgIpc) is 1.55. The number of rotatable bonds is 15. The fraction of sp³-hybridized carbons (Fsp3) is 0. The third-order valence-corrected chi connectivity index (χ3v) is 27.9. The first-order chi connectivity index (χ1) is 68.5. The molecule has 8 heterocycles. The van der Waals surface area contributed by atoms with E-state index in [2.05, 4.69) is 458 Å². The van der Waals surface area contributed by atoms with E-state index in [-0.39, 0.29) is 0 Å². The highest BCUT2D eigenvalue weighted by Crippen LogP contribution is 2.50. The van der Waals surface area contributed by atoms with Crippen LogP contribution in [0.2, 0.25) is 0 Å². The molecular formula is C126H78N12. The van der Waals surface area contributed by atoms with Crippen LogP contribution in [-0.2, 0) is 0 Å². The molecule has 0 unspecified atom stereocenters. The summed E-state index contributed by atoms with van der Waals surface area (Å²) < 4.78 is 14.6. The lowest BCUT2D eigenvalue weighted by Gasteiger charge is -2.20. The third-order valence-electron chi connectivity index (χ3n) is 27.9. The number of para-hydroxylation sites is 11. The Hall–Kier alpha value is -18.8. The van der Waals surface area contributed by atoms with Gasteiger partial charge in [0.1, 0.15) is 0 Å². The van der Waals surface area contributed by atoms with Crippen molar-refractivity contribution in [2.75, 3.05) is 0 Å². The van der Waals surface area contributed by atoms with Crippen LogP contribution in [0.25, 0.3) is 267 Å². The molecule has 12 nitrogen and oxygen atoms in total. The first-order valence-corrected chi connectivity index (χ1v) is 46.8. The maximum atomic E-state index is 5.70. The minimum atomic E-state index is 0.539. The van der Waals surface area contributed by atoms with E-state index in [0.717, 1.165) is 221 Å². The lowest BCUT2D eigenvalue weighted by Crippen LogP contribution is -2.08. The fourth-order valence-corrected chi connectivity index (χ4v) is 21.9. The van der Waals surface area contributed by atoms with Crippen molar-refractivity contribution in [3.8, 4) is 136 Å². The molecule has 0 saturated carbocycles. The van der Waals surface area contributed by atoms with E-state index < -0.39 is 0 Å². The lowest BCUT2D eigenvalue weighted by molar-refractivity contribution is 1.05. The molecule has 0 amide bonds. The molecule has 12 heteroatoms. The summed E-state index contributed by atoms with van der Waals surface area (Å²) in [7, 11) is 0. The Balaban J connectivity index is 0.587. The van der Waals surface area contributed by atoms with Gasteiger partial charge in [-0.15, -0.1) is 0 Å². The van der Waals surface area contributed by atoms with E-state index in [0.29, 0.717) is 34.9 Å². The molecule has 0 bridgehead atoms. The lowest BCUT2D eigenvalue weighted by atomic mass is 9.97. The van der Waals surface area contributed by atoms with Crippen LogP contribution in [0.5, 0.6) is 0 Å². The van der Waals surface area contributed by atoms with E-state index in [1.54, 1.807) is 0 Å². The summed E-state index contributed by atoms with van der Waals surface area (Å²) in [6.45, 7) is 0. The maximum Gasteiger partial charge on any atom is 0.166 e. The van der Waals surface area contributed by atoms with E-state index in [9.17, 15) is 0 Å². The average molecular weight is 1760 g/mol. The summed E-state index contributed by atoms with van der Waals surface area (Å²) in [5.74, 6) is 3.40. The van der Waals surface area contributed by atoms with E-state index in [1.807, 2.05) is 42.5 Å². The highest BCUT2D eigenvalue weighted by molar-refractivity contribution is 6.21. The second-order valence-corrected chi connectivity index (χ2v) is 35.5. The van der Waals surface area contributed by atoms with Crippen molar-refractivity contribution in [3.05, 3.63) is 473 Å². The summed E-state index contributed by atoms with van der Waals surface area (Å²) in [6.07, 6.45) is 0. The molecule has 0 spiro atoms. The Morgan fingerprint density at radius 2 is 0.391 bits per heavy atom. The Morgan fingerprint density at radius 3 is 0.812 bits per heavy atom. The zero-order chi connectivity index (χ0) is 90.6. The molecule has 0 radical (unpaired) electrons. The number of aromatic nitrogens is 12. The third kappa shape index (κ3) is 12.3. The molecular weight excluding hydrogens is 1680 g/mol. The number of fused-ring (bicyclic) bond motifs is 18. The van der Waals surface area contributed by atoms with E-state index >= 15 is 0 Å². The number of hydrogen-bond donors (Lipinski definition) is 0. The van der Waals surface area contributed by atoms with Crippen LogP contribution in [0.1, 0.15) is 0 Å². The van der Waals surface area contributed by atoms with Gasteiger partial charge in [-0.2, -0.15) is 0 Å². The van der Waals surface area contributed by atoms with Crippen LogP contribution < -0.4 is 0 Å². The highest BCUT2D eigenvalue weighted by atomic mass is 15.1. The first kappa shape index (κ1) is 77.9. The molecule has 0 aliphatic heterocycles. The molecule has 0 N–H and O–H groups in total. The quantitative estimate of drug-likeness (QED) is 0.101. The fourth-order valence-electron chi connectivity index (χ4n) is 21.9. The van der Waals surface area contributed by atoms with Crippen LogP contribution in [0.3, 0.4) is 0 Å². The topological polar surface area (TPSA) is 107 Å². The van der Waals surface area contributed by atoms with Crippen molar-refractivity contribution in [1.82, 2.24) is 57.3 Å². The van der Waals surface area contributed by atoms with Crippen LogP contribution in [0.4, 0.5) is 0 Å². The smallest absolute Gasteiger partial charge is 0.166 e. The standard InChI is InChI=1S/C126H78N12/c1-6-34-80(35-7-1)121-127-122(81-36-8-2-9-37-81)130-125(129-121)100-53-32-64-113(119(100)137-104-56-24-17-44-91(104)92-45-18-25-57-105(92)137)135-109-61-29-22-50-99(109)118-90(52-31-63-112(118)135)85-71-74-97-102-76-84(72-75-110(102)134(115(97)77-85)88-42-14-5-15-43-88)79-66-68-83(69-67-79)124-128-123(82-38-10-3-11-39-82)131-126(132-124)101-54-33-65-114(120(101)138-106-58-26-19-46-93(106)94-47-20-27-59-107(94)138)136-103-55-23-16-48-95(103)96-73-70-86(78-116(96)136)89-51-30-62-111-117(89)98-49-21-28-60-108(98)133(111)87-40-12-4-13-41-87/h1-78H. The number of benzene rings is 20. The molecule has 138 heavy (non-hydrogen) atoms. The van der Waals surface area contributed by atoms with Gasteiger partial charge in [-0.3, -0.25) is 0 Å². The number of hydrogen-bond acceptors (Lipinski definition) is 6. The zero-order valence-corrected chi connectivity index (χ0v) is 74.4. The number of nitrogens with zero attached hydrogens (tertiary/aromatic N) is 12. The SMILES string of the molecule is c1ccc(-c2nc(-c3ccc(-c4ccc5c(c4)c4ccc(-c6cccc7c6c6ccccc6n7-c6cccc(-c7nc(-c8ccccc8)nc(-c8ccccc8)n7)c6-n6c7ccccc7c7ccccc76)cc4n5-c4ccccc4)cc3)nc(-c3cccc(-n4c5ccccc5c5ccc(-c6cccc7c6c6ccccc6n7-c6ccccc6)cc54)c3-n3c4ccccc4c4ccccc43)n2)cc1. The molecule has 0 aliphatic carbocycles. The molecule has 28 rings (SSSR count). The Labute approximate surface area is 791 Å². The van der Waals surface area contributed by atoms with Crippen molar-refractivity contribution in [3.63, 3.8) is 0 Å². The minimum Gasteiger partial charge on any atom is -0.309 e. The summed E-state index contributed by atoms with van der Waals surface area (Å²) in [6, 6.07) is 170. The second-order valence-electron chi connectivity index (χ2n) is 35.5. The van der Waals surface area contributed by atoms with Crippen molar-refractivity contribution < 1.29 is 0 Å². The second kappa shape index (κ2) is 31.5. The summed E-state index contributed by atoms with van der Waals surface area (Å²) in [5, 5.41) is 13.8. The van der Waals surface area contributed by atoms with Crippen LogP contribution in [-0.4, -0.2) is 57.3 Å². The van der Waals surface area contributed by atoms with Crippen LogP contribution in [0, 0.1) is 0 Å². The molecule has 642 valence electrons. The molecule has 0 aliphatic rings. The Kier molecular flexibility index (Phi) is 17.8. The molecule has 20 aromatic carbocycles. The first-order valence-electron chi connectivity index (χ1n) is 46.8. The van der Waals surface area contributed by atoms with Gasteiger partial charge in [-0.25, -0.2) is 29.9 Å². The monoisotopic (exact) mass is 1760 g/mol. The van der Waals surface area contributed by atoms with Crippen LogP contribution in [0.15, 0.2) is 473 Å². The predicted octanol–water partition coefficient (Wildman–Crippen LogP) is 31.6.